The van der Waals surface area contributed by atoms with Crippen molar-refractivity contribution in [2.75, 3.05) is 4.90 Å². The minimum atomic E-state index is -0.928. The van der Waals surface area contributed by atoms with Gasteiger partial charge in [0, 0.05) is 15.8 Å². The van der Waals surface area contributed by atoms with Crippen molar-refractivity contribution in [1.82, 2.24) is 10.2 Å². The first kappa shape index (κ1) is 24.4. The zero-order chi connectivity index (χ0) is 25.2. The number of nitrogens with zero attached hydrogens (tertiary/aromatic N) is 3. The van der Waals surface area contributed by atoms with Gasteiger partial charge in [0.2, 0.25) is 5.13 Å². The number of anilines is 1. The Labute approximate surface area is 222 Å². The largest absolute Gasteiger partial charge is 0.507 e. The summed E-state index contributed by atoms with van der Waals surface area (Å²) in [6, 6.07) is 21.1. The maximum Gasteiger partial charge on any atom is 0.301 e. The molecular weight excluding hydrogens is 565 g/mol. The number of aromatic nitrogens is 2. The van der Waals surface area contributed by atoms with E-state index < -0.39 is 23.5 Å². The van der Waals surface area contributed by atoms with Crippen LogP contribution < -0.4 is 4.90 Å². The van der Waals surface area contributed by atoms with Crippen LogP contribution in [0, 0.1) is 5.82 Å². The molecule has 4 aromatic rings. The highest BCUT2D eigenvalue weighted by Gasteiger charge is 2.48. The van der Waals surface area contributed by atoms with Crippen LogP contribution in [0.15, 0.2) is 93.2 Å². The molecule has 36 heavy (non-hydrogen) atoms. The summed E-state index contributed by atoms with van der Waals surface area (Å²) in [4.78, 5) is 27.7. The summed E-state index contributed by atoms with van der Waals surface area (Å²) in [5.74, 6) is -1.85. The Balaban J connectivity index is 1.55. The van der Waals surface area contributed by atoms with E-state index in [9.17, 15) is 19.1 Å². The number of aliphatic hydroxyl groups is 1. The van der Waals surface area contributed by atoms with Gasteiger partial charge < -0.3 is 5.11 Å². The molecule has 1 amide bonds. The van der Waals surface area contributed by atoms with Crippen LogP contribution in [0.3, 0.4) is 0 Å². The van der Waals surface area contributed by atoms with Crippen molar-refractivity contribution in [2.24, 2.45) is 0 Å². The van der Waals surface area contributed by atoms with E-state index in [4.69, 9.17) is 0 Å². The summed E-state index contributed by atoms with van der Waals surface area (Å²) >= 11 is 6.07. The molecule has 1 N–H and O–H groups in total. The number of halogens is 2. The highest BCUT2D eigenvalue weighted by molar-refractivity contribution is 9.10. The third kappa shape index (κ3) is 4.84. The highest BCUT2D eigenvalue weighted by Crippen LogP contribution is 2.44. The number of carbonyl (C=O) groups is 2. The molecular formula is C26H17BrFN3O3S2. The van der Waals surface area contributed by atoms with Crippen molar-refractivity contribution in [3.05, 3.63) is 111 Å². The predicted octanol–water partition coefficient (Wildman–Crippen LogP) is 6.36. The molecule has 1 unspecified atom stereocenters. The fraction of sp³-hybridized carbons (Fsp3) is 0.0769. The Morgan fingerprint density at radius 2 is 1.69 bits per heavy atom. The molecule has 3 aromatic carbocycles. The van der Waals surface area contributed by atoms with Crippen molar-refractivity contribution in [1.29, 1.82) is 0 Å². The molecule has 10 heteroatoms. The molecule has 0 aliphatic carbocycles. The molecule has 1 atom stereocenters. The lowest BCUT2D eigenvalue weighted by atomic mass is 9.95. The van der Waals surface area contributed by atoms with Crippen molar-refractivity contribution in [3.8, 4) is 0 Å². The van der Waals surface area contributed by atoms with Gasteiger partial charge in [-0.05, 0) is 47.5 Å². The number of amides is 1. The molecule has 6 nitrogen and oxygen atoms in total. The maximum atomic E-state index is 13.5. The lowest BCUT2D eigenvalue weighted by molar-refractivity contribution is -0.132. The first-order chi connectivity index (χ1) is 17.4. The van der Waals surface area contributed by atoms with Crippen molar-refractivity contribution < 1.29 is 19.1 Å². The maximum absolute atomic E-state index is 13.5. The SMILES string of the molecule is O=C1C(=O)N(c2nnc(SCc3ccccc3)s2)C(c2ccc(Br)cc2)/C1=C(/O)c1ccc(F)cc1. The van der Waals surface area contributed by atoms with Crippen LogP contribution in [0.25, 0.3) is 5.76 Å². The van der Waals surface area contributed by atoms with Crippen LogP contribution in [0.5, 0.6) is 0 Å². The third-order valence-electron chi connectivity index (χ3n) is 5.55. The molecule has 180 valence electrons. The second-order valence-electron chi connectivity index (χ2n) is 7.85. The summed E-state index contributed by atoms with van der Waals surface area (Å²) in [5, 5.41) is 19.7. The zero-order valence-electron chi connectivity index (χ0n) is 18.5. The molecule has 1 saturated heterocycles. The molecule has 2 heterocycles. The van der Waals surface area contributed by atoms with E-state index in [1.54, 1.807) is 24.3 Å². The lowest BCUT2D eigenvalue weighted by Gasteiger charge is -2.22. The second kappa shape index (κ2) is 10.3. The fourth-order valence-corrected chi connectivity index (χ4v) is 5.92. The van der Waals surface area contributed by atoms with Crippen LogP contribution in [0.4, 0.5) is 9.52 Å². The molecule has 0 spiro atoms. The first-order valence-corrected chi connectivity index (χ1v) is 13.3. The molecule has 1 aliphatic heterocycles. The van der Waals surface area contributed by atoms with Crippen molar-refractivity contribution in [2.45, 2.75) is 16.1 Å². The summed E-state index contributed by atoms with van der Waals surface area (Å²) in [6.07, 6.45) is 0. The summed E-state index contributed by atoms with van der Waals surface area (Å²) < 4.78 is 14.9. The summed E-state index contributed by atoms with van der Waals surface area (Å²) in [6.45, 7) is 0. The molecule has 0 saturated carbocycles. The lowest BCUT2D eigenvalue weighted by Crippen LogP contribution is -2.29. The topological polar surface area (TPSA) is 83.4 Å². The normalized spacial score (nSPS) is 17.1. The zero-order valence-corrected chi connectivity index (χ0v) is 21.7. The van der Waals surface area contributed by atoms with E-state index >= 15 is 0 Å². The predicted molar refractivity (Wildman–Crippen MR) is 141 cm³/mol. The highest BCUT2D eigenvalue weighted by atomic mass is 79.9. The Morgan fingerprint density at radius 1 is 1.00 bits per heavy atom. The second-order valence-corrected chi connectivity index (χ2v) is 10.9. The third-order valence-corrected chi connectivity index (χ3v) is 8.21. The van der Waals surface area contributed by atoms with E-state index in [0.29, 0.717) is 15.7 Å². The Hall–Kier alpha value is -3.34. The van der Waals surface area contributed by atoms with Crippen LogP contribution in [-0.2, 0) is 15.3 Å². The number of Topliss-reactive ketones (excluding diaryl/α,β-unsaturated/α-hetero) is 1. The van der Waals surface area contributed by atoms with Gasteiger partial charge in [0.25, 0.3) is 5.78 Å². The van der Waals surface area contributed by atoms with Crippen molar-refractivity contribution in [3.63, 3.8) is 0 Å². The Kier molecular flexibility index (Phi) is 6.99. The van der Waals surface area contributed by atoms with Gasteiger partial charge in [-0.1, -0.05) is 81.5 Å². The van der Waals surface area contributed by atoms with Crippen LogP contribution in [0.2, 0.25) is 0 Å². The van der Waals surface area contributed by atoms with E-state index in [2.05, 4.69) is 26.1 Å². The summed E-state index contributed by atoms with van der Waals surface area (Å²) in [5.41, 5.74) is 1.86. The number of benzene rings is 3. The number of aliphatic hydroxyl groups excluding tert-OH is 1. The number of rotatable bonds is 6. The van der Waals surface area contributed by atoms with Gasteiger partial charge in [-0.25, -0.2) is 4.39 Å². The molecule has 1 aromatic heterocycles. The van der Waals surface area contributed by atoms with Crippen molar-refractivity contribution >= 4 is 61.6 Å². The molecule has 1 aliphatic rings. The fourth-order valence-electron chi connectivity index (χ4n) is 3.83. The van der Waals surface area contributed by atoms with Gasteiger partial charge in [0.1, 0.15) is 11.6 Å². The molecule has 5 rings (SSSR count). The van der Waals surface area contributed by atoms with E-state index in [0.717, 1.165) is 10.0 Å². The van der Waals surface area contributed by atoms with E-state index in [1.165, 1.54) is 52.3 Å². The van der Waals surface area contributed by atoms with Crippen LogP contribution in [0.1, 0.15) is 22.7 Å². The van der Waals surface area contributed by atoms with E-state index in [-0.39, 0.29) is 22.0 Å². The van der Waals surface area contributed by atoms with Gasteiger partial charge in [-0.3, -0.25) is 14.5 Å². The number of hydrogen-bond acceptors (Lipinski definition) is 7. The monoisotopic (exact) mass is 581 g/mol. The van der Waals surface area contributed by atoms with Crippen LogP contribution in [-0.4, -0.2) is 27.0 Å². The van der Waals surface area contributed by atoms with Crippen LogP contribution >= 0.6 is 39.0 Å². The smallest absolute Gasteiger partial charge is 0.301 e. The Bertz CT molecular complexity index is 1460. The van der Waals surface area contributed by atoms with Gasteiger partial charge in [-0.15, -0.1) is 10.2 Å². The van der Waals surface area contributed by atoms with Gasteiger partial charge in [-0.2, -0.15) is 0 Å². The van der Waals surface area contributed by atoms with E-state index in [1.807, 2.05) is 30.3 Å². The van der Waals surface area contributed by atoms with Gasteiger partial charge in [0.05, 0.1) is 11.6 Å². The quantitative estimate of drug-likeness (QED) is 0.0937. The molecule has 1 fully saturated rings. The standard InChI is InChI=1S/C26H17BrFN3O3S2/c27-18-10-6-16(7-11-18)21-20(22(32)17-8-12-19(28)13-9-17)23(33)24(34)31(21)25-29-30-26(36-25)35-14-15-4-2-1-3-5-15/h1-13,21,32H,14H2/b22-20-. The minimum absolute atomic E-state index is 0.0948. The van der Waals surface area contributed by atoms with Gasteiger partial charge in [0.15, 0.2) is 4.34 Å². The van der Waals surface area contributed by atoms with Gasteiger partial charge >= 0.3 is 5.91 Å². The number of thioether (sulfide) groups is 1. The minimum Gasteiger partial charge on any atom is -0.507 e. The number of hydrogen-bond donors (Lipinski definition) is 1. The average Bonchev–Trinajstić information content (AvgIpc) is 3.46. The first-order valence-electron chi connectivity index (χ1n) is 10.7. The summed E-state index contributed by atoms with van der Waals surface area (Å²) in [7, 11) is 0. The Morgan fingerprint density at radius 3 is 2.39 bits per heavy atom. The average molecular weight is 582 g/mol. The molecule has 0 bridgehead atoms. The molecule has 0 radical (unpaired) electrons. The number of ketones is 1. The number of carbonyl (C=O) groups excluding carboxylic acids is 2.